The molecular formula is C13H18N2O. The molecule has 1 atom stereocenters. The first kappa shape index (κ1) is 11.2. The zero-order chi connectivity index (χ0) is 11.5. The van der Waals surface area contributed by atoms with Gasteiger partial charge in [-0.2, -0.15) is 0 Å². The Morgan fingerprint density at radius 2 is 2.06 bits per heavy atom. The second-order valence-electron chi connectivity index (χ2n) is 4.37. The second-order valence-corrected chi connectivity index (χ2v) is 4.37. The fourth-order valence-electron chi connectivity index (χ4n) is 1.83. The SMILES string of the molecule is CC(C)NC[C@@H](O)c1c[nH]c2ccccc12. The quantitative estimate of drug-likeness (QED) is 0.736. The highest BCUT2D eigenvalue weighted by molar-refractivity contribution is 5.83. The molecule has 0 unspecified atom stereocenters. The van der Waals surface area contributed by atoms with Gasteiger partial charge >= 0.3 is 0 Å². The van der Waals surface area contributed by atoms with Crippen LogP contribution in [0.25, 0.3) is 10.9 Å². The molecule has 0 aliphatic rings. The lowest BCUT2D eigenvalue weighted by Gasteiger charge is -2.13. The molecule has 0 aliphatic carbocycles. The average Bonchev–Trinajstić information content (AvgIpc) is 2.69. The molecule has 3 nitrogen and oxygen atoms in total. The molecule has 0 saturated heterocycles. The molecule has 1 heterocycles. The zero-order valence-corrected chi connectivity index (χ0v) is 9.70. The number of aliphatic hydroxyl groups excluding tert-OH is 1. The van der Waals surface area contributed by atoms with Crippen molar-refractivity contribution in [1.82, 2.24) is 10.3 Å². The minimum absolute atomic E-state index is 0.389. The van der Waals surface area contributed by atoms with Crippen molar-refractivity contribution in [3.05, 3.63) is 36.0 Å². The molecule has 0 saturated carbocycles. The summed E-state index contributed by atoms with van der Waals surface area (Å²) in [5.74, 6) is 0. The maximum absolute atomic E-state index is 10.1. The van der Waals surface area contributed by atoms with Crippen molar-refractivity contribution >= 4 is 10.9 Å². The minimum Gasteiger partial charge on any atom is -0.387 e. The van der Waals surface area contributed by atoms with E-state index in [-0.39, 0.29) is 0 Å². The standard InChI is InChI=1S/C13H18N2O/c1-9(2)14-8-13(16)11-7-15-12-6-4-3-5-10(11)12/h3-7,9,13-16H,8H2,1-2H3/t13-/m1/s1. The number of aromatic amines is 1. The summed E-state index contributed by atoms with van der Waals surface area (Å²) in [5, 5.41) is 14.4. The van der Waals surface area contributed by atoms with Gasteiger partial charge in [0.2, 0.25) is 0 Å². The Bertz CT molecular complexity index is 462. The summed E-state index contributed by atoms with van der Waals surface area (Å²) in [6.45, 7) is 4.73. The summed E-state index contributed by atoms with van der Waals surface area (Å²) in [4.78, 5) is 3.17. The molecule has 3 heteroatoms. The van der Waals surface area contributed by atoms with Gasteiger partial charge in [0.15, 0.2) is 0 Å². The van der Waals surface area contributed by atoms with E-state index in [2.05, 4.69) is 24.1 Å². The second kappa shape index (κ2) is 4.68. The van der Waals surface area contributed by atoms with Gasteiger partial charge in [-0.3, -0.25) is 0 Å². The molecule has 2 rings (SSSR count). The molecule has 1 aromatic heterocycles. The molecule has 0 bridgehead atoms. The number of benzene rings is 1. The predicted octanol–water partition coefficient (Wildman–Crippen LogP) is 2.20. The number of nitrogens with one attached hydrogen (secondary N) is 2. The molecule has 0 radical (unpaired) electrons. The molecule has 86 valence electrons. The van der Waals surface area contributed by atoms with Crippen molar-refractivity contribution in [1.29, 1.82) is 0 Å². The smallest absolute Gasteiger partial charge is 0.0935 e. The highest BCUT2D eigenvalue weighted by atomic mass is 16.3. The van der Waals surface area contributed by atoms with E-state index in [9.17, 15) is 5.11 Å². The van der Waals surface area contributed by atoms with E-state index < -0.39 is 6.10 Å². The fourth-order valence-corrected chi connectivity index (χ4v) is 1.83. The van der Waals surface area contributed by atoms with Gasteiger partial charge in [0.1, 0.15) is 0 Å². The van der Waals surface area contributed by atoms with E-state index in [1.165, 1.54) is 0 Å². The highest BCUT2D eigenvalue weighted by Gasteiger charge is 2.12. The van der Waals surface area contributed by atoms with Gasteiger partial charge in [-0.15, -0.1) is 0 Å². The van der Waals surface area contributed by atoms with Gasteiger partial charge in [0, 0.05) is 35.2 Å². The Balaban J connectivity index is 2.19. The third-order valence-corrected chi connectivity index (χ3v) is 2.70. The van der Waals surface area contributed by atoms with Gasteiger partial charge < -0.3 is 15.4 Å². The van der Waals surface area contributed by atoms with E-state index >= 15 is 0 Å². The molecule has 16 heavy (non-hydrogen) atoms. The van der Waals surface area contributed by atoms with Gasteiger partial charge in [-0.25, -0.2) is 0 Å². The number of hydrogen-bond donors (Lipinski definition) is 3. The van der Waals surface area contributed by atoms with Crippen molar-refractivity contribution in [3.63, 3.8) is 0 Å². The van der Waals surface area contributed by atoms with Gasteiger partial charge in [0.25, 0.3) is 0 Å². The predicted molar refractivity (Wildman–Crippen MR) is 66.4 cm³/mol. The molecule has 3 N–H and O–H groups in total. The number of para-hydroxylation sites is 1. The third-order valence-electron chi connectivity index (χ3n) is 2.70. The van der Waals surface area contributed by atoms with E-state index in [0.717, 1.165) is 16.5 Å². The van der Waals surface area contributed by atoms with Crippen LogP contribution in [-0.4, -0.2) is 22.7 Å². The van der Waals surface area contributed by atoms with Crippen LogP contribution >= 0.6 is 0 Å². The number of H-pyrrole nitrogens is 1. The normalized spacial score (nSPS) is 13.5. The Morgan fingerprint density at radius 3 is 2.81 bits per heavy atom. The largest absolute Gasteiger partial charge is 0.387 e. The Hall–Kier alpha value is -1.32. The van der Waals surface area contributed by atoms with Crippen LogP contribution in [0.3, 0.4) is 0 Å². The maximum atomic E-state index is 10.1. The molecule has 0 amide bonds. The summed E-state index contributed by atoms with van der Waals surface area (Å²) >= 11 is 0. The highest BCUT2D eigenvalue weighted by Crippen LogP contribution is 2.23. The van der Waals surface area contributed by atoms with Crippen LogP contribution in [0.5, 0.6) is 0 Å². The van der Waals surface area contributed by atoms with Crippen LogP contribution in [0.2, 0.25) is 0 Å². The molecule has 2 aromatic rings. The van der Waals surface area contributed by atoms with Crippen molar-refractivity contribution in [2.24, 2.45) is 0 Å². The van der Waals surface area contributed by atoms with Crippen molar-refractivity contribution in [2.75, 3.05) is 6.54 Å². The van der Waals surface area contributed by atoms with Crippen LogP contribution in [0.1, 0.15) is 25.5 Å². The lowest BCUT2D eigenvalue weighted by molar-refractivity contribution is 0.173. The average molecular weight is 218 g/mol. The van der Waals surface area contributed by atoms with Crippen LogP contribution in [0, 0.1) is 0 Å². The van der Waals surface area contributed by atoms with Crippen LogP contribution in [0.4, 0.5) is 0 Å². The van der Waals surface area contributed by atoms with Crippen LogP contribution < -0.4 is 5.32 Å². The zero-order valence-electron chi connectivity index (χ0n) is 9.70. The van der Waals surface area contributed by atoms with E-state index in [4.69, 9.17) is 0 Å². The molecule has 0 spiro atoms. The summed E-state index contributed by atoms with van der Waals surface area (Å²) in [5.41, 5.74) is 2.03. The minimum atomic E-state index is -0.460. The topological polar surface area (TPSA) is 48.0 Å². The summed E-state index contributed by atoms with van der Waals surface area (Å²) in [7, 11) is 0. The van der Waals surface area contributed by atoms with Crippen LogP contribution in [0.15, 0.2) is 30.5 Å². The first-order valence-corrected chi connectivity index (χ1v) is 5.66. The molecule has 1 aromatic carbocycles. The first-order chi connectivity index (χ1) is 7.68. The van der Waals surface area contributed by atoms with Gasteiger partial charge in [-0.1, -0.05) is 32.0 Å². The van der Waals surface area contributed by atoms with Gasteiger partial charge in [0.05, 0.1) is 6.10 Å². The monoisotopic (exact) mass is 218 g/mol. The van der Waals surface area contributed by atoms with E-state index in [0.29, 0.717) is 12.6 Å². The Kier molecular flexibility index (Phi) is 3.27. The lowest BCUT2D eigenvalue weighted by atomic mass is 10.1. The summed E-state index contributed by atoms with van der Waals surface area (Å²) in [6.07, 6.45) is 1.43. The van der Waals surface area contributed by atoms with Crippen molar-refractivity contribution in [3.8, 4) is 0 Å². The fraction of sp³-hybridized carbons (Fsp3) is 0.385. The van der Waals surface area contributed by atoms with Gasteiger partial charge in [-0.05, 0) is 6.07 Å². The maximum Gasteiger partial charge on any atom is 0.0935 e. The Morgan fingerprint density at radius 1 is 1.31 bits per heavy atom. The number of aliphatic hydroxyl groups is 1. The number of hydrogen-bond acceptors (Lipinski definition) is 2. The van der Waals surface area contributed by atoms with Crippen LogP contribution in [-0.2, 0) is 0 Å². The van der Waals surface area contributed by atoms with Crippen molar-refractivity contribution < 1.29 is 5.11 Å². The van der Waals surface area contributed by atoms with Crippen molar-refractivity contribution in [2.45, 2.75) is 26.0 Å². The third kappa shape index (κ3) is 2.26. The summed E-state index contributed by atoms with van der Waals surface area (Å²) in [6, 6.07) is 8.41. The van der Waals surface area contributed by atoms with E-state index in [1.807, 2.05) is 30.5 Å². The van der Waals surface area contributed by atoms with E-state index in [1.54, 1.807) is 0 Å². The molecule has 0 aliphatic heterocycles. The first-order valence-electron chi connectivity index (χ1n) is 5.66. The number of fused-ring (bicyclic) bond motifs is 1. The summed E-state index contributed by atoms with van der Waals surface area (Å²) < 4.78 is 0. The lowest BCUT2D eigenvalue weighted by Crippen LogP contribution is -2.27. The Labute approximate surface area is 95.5 Å². The molecule has 0 fully saturated rings. The number of aromatic nitrogens is 1. The number of rotatable bonds is 4. The molecular weight excluding hydrogens is 200 g/mol.